The zero-order chi connectivity index (χ0) is 10.5. The highest BCUT2D eigenvalue weighted by molar-refractivity contribution is 9.09. The van der Waals surface area contributed by atoms with Crippen LogP contribution in [0.15, 0.2) is 0 Å². The van der Waals surface area contributed by atoms with E-state index in [-0.39, 0.29) is 0 Å². The molecule has 2 rings (SSSR count). The second-order valence-corrected chi connectivity index (χ2v) is 5.26. The van der Waals surface area contributed by atoms with Crippen molar-refractivity contribution in [1.82, 2.24) is 9.80 Å². The Kier molecular flexibility index (Phi) is 4.88. The van der Waals surface area contributed by atoms with Crippen LogP contribution in [0.3, 0.4) is 0 Å². The van der Waals surface area contributed by atoms with Gasteiger partial charge in [0.05, 0.1) is 6.10 Å². The minimum Gasteiger partial charge on any atom is -0.377 e. The Hall–Kier alpha value is 0.360. The van der Waals surface area contributed by atoms with E-state index in [9.17, 15) is 0 Å². The van der Waals surface area contributed by atoms with Crippen LogP contribution in [0.2, 0.25) is 0 Å². The number of rotatable bonds is 4. The molecule has 2 aliphatic heterocycles. The molecule has 0 aromatic rings. The largest absolute Gasteiger partial charge is 0.377 e. The second kappa shape index (κ2) is 6.18. The van der Waals surface area contributed by atoms with Gasteiger partial charge in [0.15, 0.2) is 0 Å². The van der Waals surface area contributed by atoms with Crippen LogP contribution in [0, 0.1) is 0 Å². The lowest BCUT2D eigenvalue weighted by Gasteiger charge is -2.35. The molecule has 2 aliphatic rings. The number of ether oxygens (including phenoxy) is 1. The number of alkyl halides is 1. The van der Waals surface area contributed by atoms with Crippen LogP contribution in [0.25, 0.3) is 0 Å². The summed E-state index contributed by atoms with van der Waals surface area (Å²) >= 11 is 3.50. The van der Waals surface area contributed by atoms with Crippen LogP contribution < -0.4 is 0 Å². The Labute approximate surface area is 101 Å². The normalized spacial score (nSPS) is 29.8. The van der Waals surface area contributed by atoms with Crippen molar-refractivity contribution in [3.05, 3.63) is 0 Å². The van der Waals surface area contributed by atoms with Gasteiger partial charge < -0.3 is 4.74 Å². The van der Waals surface area contributed by atoms with Gasteiger partial charge in [-0.05, 0) is 12.8 Å². The maximum absolute atomic E-state index is 5.67. The van der Waals surface area contributed by atoms with E-state index in [1.165, 1.54) is 45.6 Å². The fourth-order valence-electron chi connectivity index (χ4n) is 2.39. The van der Waals surface area contributed by atoms with Crippen molar-refractivity contribution in [2.45, 2.75) is 18.9 Å². The van der Waals surface area contributed by atoms with Crippen molar-refractivity contribution in [2.75, 3.05) is 51.2 Å². The fraction of sp³-hybridized carbons (Fsp3) is 1.00. The zero-order valence-corrected chi connectivity index (χ0v) is 10.9. The Morgan fingerprint density at radius 1 is 1.13 bits per heavy atom. The Balaban J connectivity index is 1.64. The van der Waals surface area contributed by atoms with E-state index >= 15 is 0 Å². The summed E-state index contributed by atoms with van der Waals surface area (Å²) in [6.07, 6.45) is 3.04. The van der Waals surface area contributed by atoms with Gasteiger partial charge in [-0.3, -0.25) is 9.80 Å². The highest BCUT2D eigenvalue weighted by atomic mass is 79.9. The standard InChI is InChI=1S/C11H21BrN2O/c12-3-4-13-5-7-14(8-6-13)10-11-2-1-9-15-11/h11H,1-10H2. The second-order valence-electron chi connectivity index (χ2n) is 4.47. The lowest BCUT2D eigenvalue weighted by Crippen LogP contribution is -2.48. The van der Waals surface area contributed by atoms with Crippen LogP contribution in [-0.2, 0) is 4.74 Å². The van der Waals surface area contributed by atoms with E-state index in [1.54, 1.807) is 0 Å². The molecule has 0 aromatic carbocycles. The van der Waals surface area contributed by atoms with Gasteiger partial charge in [0, 0.05) is 51.2 Å². The summed E-state index contributed by atoms with van der Waals surface area (Å²) in [5.41, 5.74) is 0. The molecule has 0 amide bonds. The van der Waals surface area contributed by atoms with E-state index in [4.69, 9.17) is 4.74 Å². The molecule has 0 bridgehead atoms. The summed E-state index contributed by atoms with van der Waals surface area (Å²) in [5.74, 6) is 0. The van der Waals surface area contributed by atoms with Crippen molar-refractivity contribution in [2.24, 2.45) is 0 Å². The first-order valence-corrected chi connectivity index (χ1v) is 7.13. The molecular formula is C11H21BrN2O. The quantitative estimate of drug-likeness (QED) is 0.718. The van der Waals surface area contributed by atoms with Crippen LogP contribution in [-0.4, -0.2) is 67.1 Å². The molecule has 3 nitrogen and oxygen atoms in total. The Bertz CT molecular complexity index is 177. The average molecular weight is 277 g/mol. The monoisotopic (exact) mass is 276 g/mol. The highest BCUT2D eigenvalue weighted by Crippen LogP contribution is 2.14. The lowest BCUT2D eigenvalue weighted by molar-refractivity contribution is 0.0518. The Morgan fingerprint density at radius 2 is 1.87 bits per heavy atom. The predicted octanol–water partition coefficient (Wildman–Crippen LogP) is 1.18. The molecular weight excluding hydrogens is 256 g/mol. The fourth-order valence-corrected chi connectivity index (χ4v) is 2.89. The molecule has 88 valence electrons. The van der Waals surface area contributed by atoms with Gasteiger partial charge in [0.1, 0.15) is 0 Å². The van der Waals surface area contributed by atoms with E-state index in [0.29, 0.717) is 6.10 Å². The molecule has 15 heavy (non-hydrogen) atoms. The van der Waals surface area contributed by atoms with Crippen molar-refractivity contribution in [3.63, 3.8) is 0 Å². The van der Waals surface area contributed by atoms with Crippen LogP contribution in [0.4, 0.5) is 0 Å². The summed E-state index contributed by atoms with van der Waals surface area (Å²) in [6, 6.07) is 0. The van der Waals surface area contributed by atoms with Gasteiger partial charge in [0.25, 0.3) is 0 Å². The third-order valence-electron chi connectivity index (χ3n) is 3.35. The van der Waals surface area contributed by atoms with Gasteiger partial charge in [-0.25, -0.2) is 0 Å². The van der Waals surface area contributed by atoms with E-state index in [0.717, 1.165) is 18.5 Å². The first-order valence-electron chi connectivity index (χ1n) is 6.01. The molecule has 1 unspecified atom stereocenters. The summed E-state index contributed by atoms with van der Waals surface area (Å²) in [5, 5.41) is 1.10. The number of hydrogen-bond acceptors (Lipinski definition) is 3. The topological polar surface area (TPSA) is 15.7 Å². The third kappa shape index (κ3) is 3.70. The van der Waals surface area contributed by atoms with Crippen LogP contribution in [0.5, 0.6) is 0 Å². The predicted molar refractivity (Wildman–Crippen MR) is 65.6 cm³/mol. The molecule has 0 spiro atoms. The molecule has 2 fully saturated rings. The van der Waals surface area contributed by atoms with Crippen LogP contribution >= 0.6 is 15.9 Å². The number of halogens is 1. The number of nitrogens with zero attached hydrogens (tertiary/aromatic N) is 2. The summed E-state index contributed by atoms with van der Waals surface area (Å²) < 4.78 is 5.67. The SMILES string of the molecule is BrCCN1CCN(CC2CCCO2)CC1. The molecule has 1 atom stereocenters. The van der Waals surface area contributed by atoms with E-state index < -0.39 is 0 Å². The first kappa shape index (κ1) is 11.8. The van der Waals surface area contributed by atoms with Crippen molar-refractivity contribution >= 4 is 15.9 Å². The van der Waals surface area contributed by atoms with E-state index in [1.807, 2.05) is 0 Å². The maximum Gasteiger partial charge on any atom is 0.0702 e. The molecule has 0 aromatic heterocycles. The maximum atomic E-state index is 5.67. The molecule has 4 heteroatoms. The number of piperazine rings is 1. The summed E-state index contributed by atoms with van der Waals surface area (Å²) in [4.78, 5) is 5.08. The molecule has 0 radical (unpaired) electrons. The van der Waals surface area contributed by atoms with Crippen molar-refractivity contribution in [1.29, 1.82) is 0 Å². The number of hydrogen-bond donors (Lipinski definition) is 0. The smallest absolute Gasteiger partial charge is 0.0702 e. The van der Waals surface area contributed by atoms with Gasteiger partial charge in [-0.2, -0.15) is 0 Å². The first-order chi connectivity index (χ1) is 7.38. The van der Waals surface area contributed by atoms with Gasteiger partial charge in [-0.15, -0.1) is 0 Å². The molecule has 0 aliphatic carbocycles. The van der Waals surface area contributed by atoms with Gasteiger partial charge in [0.2, 0.25) is 0 Å². The molecule has 2 saturated heterocycles. The molecule has 0 N–H and O–H groups in total. The minimum absolute atomic E-state index is 0.521. The third-order valence-corrected chi connectivity index (χ3v) is 3.71. The summed E-state index contributed by atoms with van der Waals surface area (Å²) in [6.45, 7) is 8.19. The lowest BCUT2D eigenvalue weighted by atomic mass is 10.2. The molecule has 2 heterocycles. The Morgan fingerprint density at radius 3 is 2.47 bits per heavy atom. The van der Waals surface area contributed by atoms with Gasteiger partial charge in [-0.1, -0.05) is 15.9 Å². The highest BCUT2D eigenvalue weighted by Gasteiger charge is 2.22. The minimum atomic E-state index is 0.521. The van der Waals surface area contributed by atoms with Crippen LogP contribution in [0.1, 0.15) is 12.8 Å². The summed E-state index contributed by atoms with van der Waals surface area (Å²) in [7, 11) is 0. The van der Waals surface area contributed by atoms with Crippen molar-refractivity contribution < 1.29 is 4.74 Å². The van der Waals surface area contributed by atoms with Crippen molar-refractivity contribution in [3.8, 4) is 0 Å². The zero-order valence-electron chi connectivity index (χ0n) is 9.33. The molecule has 0 saturated carbocycles. The van der Waals surface area contributed by atoms with E-state index in [2.05, 4.69) is 25.7 Å². The van der Waals surface area contributed by atoms with Gasteiger partial charge >= 0.3 is 0 Å². The average Bonchev–Trinajstić information content (AvgIpc) is 2.74.